The smallest absolute Gasteiger partial charge is 0.325 e. The highest BCUT2D eigenvalue weighted by Crippen LogP contribution is 2.37. The van der Waals surface area contributed by atoms with Crippen LogP contribution in [0.3, 0.4) is 0 Å². The first-order valence-electron chi connectivity index (χ1n) is 8.77. The molecule has 7 heteroatoms. The summed E-state index contributed by atoms with van der Waals surface area (Å²) in [5.41, 5.74) is 0.181. The Balaban J connectivity index is 1.64. The Morgan fingerprint density at radius 3 is 2.63 bits per heavy atom. The summed E-state index contributed by atoms with van der Waals surface area (Å²) in [5.74, 6) is 0.893. The SMILES string of the molecule is CC1(c2ccc3c(c2)OCCCO3)NC(=O)N(Cc2ccccc2Cl)C1=O. The molecule has 2 aliphatic heterocycles. The molecule has 1 atom stereocenters. The molecule has 2 heterocycles. The van der Waals surface area contributed by atoms with E-state index >= 15 is 0 Å². The quantitative estimate of drug-likeness (QED) is 0.820. The molecule has 0 radical (unpaired) electrons. The van der Waals surface area contributed by atoms with E-state index in [0.29, 0.717) is 40.9 Å². The second-order valence-electron chi connectivity index (χ2n) is 6.75. The van der Waals surface area contributed by atoms with Gasteiger partial charge in [-0.2, -0.15) is 0 Å². The highest BCUT2D eigenvalue weighted by atomic mass is 35.5. The zero-order valence-corrected chi connectivity index (χ0v) is 15.6. The number of hydrogen-bond donors (Lipinski definition) is 1. The predicted octanol–water partition coefficient (Wildman–Crippen LogP) is 3.47. The summed E-state index contributed by atoms with van der Waals surface area (Å²) in [7, 11) is 0. The normalized spacial score (nSPS) is 21.8. The van der Waals surface area contributed by atoms with Crippen molar-refractivity contribution in [2.75, 3.05) is 13.2 Å². The number of amides is 3. The zero-order chi connectivity index (χ0) is 19.0. The van der Waals surface area contributed by atoms with Crippen LogP contribution < -0.4 is 14.8 Å². The Labute approximate surface area is 162 Å². The van der Waals surface area contributed by atoms with E-state index in [2.05, 4.69) is 5.32 Å². The number of carbonyl (C=O) groups excluding carboxylic acids is 2. The zero-order valence-electron chi connectivity index (χ0n) is 14.8. The van der Waals surface area contributed by atoms with E-state index in [0.717, 1.165) is 6.42 Å². The summed E-state index contributed by atoms with van der Waals surface area (Å²) in [6.07, 6.45) is 0.794. The summed E-state index contributed by atoms with van der Waals surface area (Å²) in [4.78, 5) is 26.8. The van der Waals surface area contributed by atoms with Crippen LogP contribution in [-0.4, -0.2) is 30.1 Å². The van der Waals surface area contributed by atoms with Gasteiger partial charge in [0.15, 0.2) is 11.5 Å². The van der Waals surface area contributed by atoms with E-state index in [9.17, 15) is 9.59 Å². The van der Waals surface area contributed by atoms with Gasteiger partial charge in [-0.25, -0.2) is 4.79 Å². The van der Waals surface area contributed by atoms with Gasteiger partial charge in [-0.05, 0) is 36.2 Å². The number of urea groups is 1. The topological polar surface area (TPSA) is 67.9 Å². The number of nitrogens with zero attached hydrogens (tertiary/aromatic N) is 1. The van der Waals surface area contributed by atoms with Gasteiger partial charge in [0.2, 0.25) is 0 Å². The van der Waals surface area contributed by atoms with Gasteiger partial charge in [0.05, 0.1) is 19.8 Å². The summed E-state index contributed by atoms with van der Waals surface area (Å²) < 4.78 is 11.4. The molecule has 140 valence electrons. The number of benzene rings is 2. The lowest BCUT2D eigenvalue weighted by Gasteiger charge is -2.23. The number of fused-ring (bicyclic) bond motifs is 1. The molecule has 0 aromatic heterocycles. The number of nitrogens with one attached hydrogen (secondary N) is 1. The minimum atomic E-state index is -1.18. The van der Waals surface area contributed by atoms with Crippen LogP contribution in [-0.2, 0) is 16.9 Å². The van der Waals surface area contributed by atoms with Crippen molar-refractivity contribution in [1.82, 2.24) is 10.2 Å². The molecule has 2 aromatic carbocycles. The molecule has 3 amide bonds. The highest BCUT2D eigenvalue weighted by molar-refractivity contribution is 6.31. The Morgan fingerprint density at radius 1 is 1.11 bits per heavy atom. The molecule has 1 unspecified atom stereocenters. The van der Waals surface area contributed by atoms with Gasteiger partial charge in [0, 0.05) is 11.4 Å². The van der Waals surface area contributed by atoms with Crippen LogP contribution in [0.4, 0.5) is 4.79 Å². The summed E-state index contributed by atoms with van der Waals surface area (Å²) in [5, 5.41) is 3.32. The van der Waals surface area contributed by atoms with Crippen molar-refractivity contribution in [3.8, 4) is 11.5 Å². The van der Waals surface area contributed by atoms with E-state index in [1.807, 2.05) is 6.07 Å². The molecule has 4 rings (SSSR count). The van der Waals surface area contributed by atoms with Gasteiger partial charge in [0.1, 0.15) is 5.54 Å². The molecule has 0 spiro atoms. The Kier molecular flexibility index (Phi) is 4.44. The third-order valence-electron chi connectivity index (χ3n) is 4.89. The van der Waals surface area contributed by atoms with Crippen LogP contribution in [0.5, 0.6) is 11.5 Å². The molecule has 0 bridgehead atoms. The van der Waals surface area contributed by atoms with E-state index in [4.69, 9.17) is 21.1 Å². The molecular formula is C20H19ClN2O4. The number of ether oxygens (including phenoxy) is 2. The van der Waals surface area contributed by atoms with Gasteiger partial charge >= 0.3 is 6.03 Å². The van der Waals surface area contributed by atoms with Crippen molar-refractivity contribution in [3.05, 3.63) is 58.6 Å². The highest BCUT2D eigenvalue weighted by Gasteiger charge is 2.49. The van der Waals surface area contributed by atoms with E-state index in [1.54, 1.807) is 43.3 Å². The number of rotatable bonds is 3. The fourth-order valence-electron chi connectivity index (χ4n) is 3.31. The van der Waals surface area contributed by atoms with Crippen molar-refractivity contribution >= 4 is 23.5 Å². The number of halogens is 1. The third-order valence-corrected chi connectivity index (χ3v) is 5.25. The lowest BCUT2D eigenvalue weighted by Crippen LogP contribution is -2.40. The van der Waals surface area contributed by atoms with Gasteiger partial charge in [-0.1, -0.05) is 35.9 Å². The van der Waals surface area contributed by atoms with Crippen molar-refractivity contribution < 1.29 is 19.1 Å². The largest absolute Gasteiger partial charge is 0.490 e. The van der Waals surface area contributed by atoms with Gasteiger partial charge < -0.3 is 14.8 Å². The number of imide groups is 1. The molecular weight excluding hydrogens is 368 g/mol. The first-order valence-corrected chi connectivity index (χ1v) is 9.14. The molecule has 27 heavy (non-hydrogen) atoms. The Bertz CT molecular complexity index is 917. The third kappa shape index (κ3) is 3.10. The lowest BCUT2D eigenvalue weighted by atomic mass is 9.91. The van der Waals surface area contributed by atoms with Crippen LogP contribution >= 0.6 is 11.6 Å². The monoisotopic (exact) mass is 386 g/mol. The average Bonchev–Trinajstić information content (AvgIpc) is 2.83. The van der Waals surface area contributed by atoms with E-state index in [-0.39, 0.29) is 12.5 Å². The number of hydrogen-bond acceptors (Lipinski definition) is 4. The molecule has 2 aliphatic rings. The molecule has 1 saturated heterocycles. The van der Waals surface area contributed by atoms with Crippen LogP contribution in [0.2, 0.25) is 5.02 Å². The maximum absolute atomic E-state index is 13.1. The van der Waals surface area contributed by atoms with Crippen LogP contribution in [0.1, 0.15) is 24.5 Å². The summed E-state index contributed by atoms with van der Waals surface area (Å²) in [6.45, 7) is 2.95. The maximum atomic E-state index is 13.1. The lowest BCUT2D eigenvalue weighted by molar-refractivity contribution is -0.131. The first-order chi connectivity index (χ1) is 13.0. The van der Waals surface area contributed by atoms with Crippen molar-refractivity contribution in [2.45, 2.75) is 25.4 Å². The second kappa shape index (κ2) is 6.78. The summed E-state index contributed by atoms with van der Waals surface area (Å²) >= 11 is 6.18. The first kappa shape index (κ1) is 17.7. The predicted molar refractivity (Wildman–Crippen MR) is 99.9 cm³/mol. The minimum Gasteiger partial charge on any atom is -0.490 e. The van der Waals surface area contributed by atoms with Crippen molar-refractivity contribution in [2.24, 2.45) is 0 Å². The second-order valence-corrected chi connectivity index (χ2v) is 7.16. The van der Waals surface area contributed by atoms with E-state index in [1.165, 1.54) is 4.90 Å². The molecule has 2 aromatic rings. The standard InChI is InChI=1S/C20H19ClN2O4/c1-20(14-7-8-16-17(11-14)27-10-4-9-26-16)18(24)23(19(25)22-20)12-13-5-2-3-6-15(13)21/h2-3,5-8,11H,4,9-10,12H2,1H3,(H,22,25). The Hall–Kier alpha value is -2.73. The van der Waals surface area contributed by atoms with Gasteiger partial charge in [0.25, 0.3) is 5.91 Å². The Morgan fingerprint density at radius 2 is 1.85 bits per heavy atom. The molecule has 6 nitrogen and oxygen atoms in total. The van der Waals surface area contributed by atoms with Gasteiger partial charge in [-0.15, -0.1) is 0 Å². The number of carbonyl (C=O) groups is 2. The fraction of sp³-hybridized carbons (Fsp3) is 0.300. The van der Waals surface area contributed by atoms with Crippen LogP contribution in [0.15, 0.2) is 42.5 Å². The van der Waals surface area contributed by atoms with Crippen molar-refractivity contribution in [3.63, 3.8) is 0 Å². The minimum absolute atomic E-state index is 0.116. The fourth-order valence-corrected chi connectivity index (χ4v) is 3.50. The molecule has 0 aliphatic carbocycles. The summed E-state index contributed by atoms with van der Waals surface area (Å²) in [6, 6.07) is 12.0. The van der Waals surface area contributed by atoms with Gasteiger partial charge in [-0.3, -0.25) is 9.69 Å². The molecule has 0 saturated carbocycles. The molecule has 1 fully saturated rings. The average molecular weight is 387 g/mol. The molecule has 1 N–H and O–H groups in total. The van der Waals surface area contributed by atoms with Crippen LogP contribution in [0.25, 0.3) is 0 Å². The van der Waals surface area contributed by atoms with Crippen LogP contribution in [0, 0.1) is 0 Å². The van der Waals surface area contributed by atoms with Crippen molar-refractivity contribution in [1.29, 1.82) is 0 Å². The maximum Gasteiger partial charge on any atom is 0.325 e. The van der Waals surface area contributed by atoms with E-state index < -0.39 is 11.6 Å².